The van der Waals surface area contributed by atoms with Crippen molar-refractivity contribution in [2.24, 2.45) is 0 Å². The van der Waals surface area contributed by atoms with E-state index in [1.165, 1.54) is 4.90 Å². The number of carbonyl (C=O) groups is 1. The highest BCUT2D eigenvalue weighted by atomic mass is 16.5. The minimum Gasteiger partial charge on any atom is -0.489 e. The lowest BCUT2D eigenvalue weighted by molar-refractivity contribution is -0.111. The van der Waals surface area contributed by atoms with Crippen molar-refractivity contribution in [3.8, 4) is 5.75 Å². The van der Waals surface area contributed by atoms with Gasteiger partial charge >= 0.3 is 0 Å². The highest BCUT2D eigenvalue weighted by Gasteiger charge is 2.12. The van der Waals surface area contributed by atoms with Crippen LogP contribution in [0.5, 0.6) is 5.75 Å². The molecular weight excluding hydrogens is 276 g/mol. The molecule has 0 aromatic heterocycles. The Morgan fingerprint density at radius 1 is 1.23 bits per heavy atom. The van der Waals surface area contributed by atoms with Gasteiger partial charge in [-0.1, -0.05) is 30.3 Å². The standard InChI is InChI=1S/C18H20N2O2/c1-13-8-9-14(2)17(10-13)22-12-15-6-4-5-7-16(15)20(3)18(21)11-19/h4-11,19H,12H2,1-3H3. The molecule has 0 heterocycles. The molecule has 0 bridgehead atoms. The maximum Gasteiger partial charge on any atom is 0.268 e. The second-order valence-electron chi connectivity index (χ2n) is 5.23. The fourth-order valence-corrected chi connectivity index (χ4v) is 2.19. The summed E-state index contributed by atoms with van der Waals surface area (Å²) < 4.78 is 5.91. The van der Waals surface area contributed by atoms with Crippen molar-refractivity contribution in [1.29, 1.82) is 5.41 Å². The van der Waals surface area contributed by atoms with Crippen molar-refractivity contribution in [2.75, 3.05) is 11.9 Å². The Morgan fingerprint density at radius 3 is 2.68 bits per heavy atom. The van der Waals surface area contributed by atoms with Crippen LogP contribution in [0.25, 0.3) is 0 Å². The van der Waals surface area contributed by atoms with Gasteiger partial charge < -0.3 is 15.0 Å². The lowest BCUT2D eigenvalue weighted by Gasteiger charge is -2.19. The quantitative estimate of drug-likeness (QED) is 0.859. The average Bonchev–Trinajstić information content (AvgIpc) is 2.54. The number of carbonyl (C=O) groups excluding carboxylic acids is 1. The van der Waals surface area contributed by atoms with E-state index in [0.29, 0.717) is 6.61 Å². The Labute approximate surface area is 130 Å². The van der Waals surface area contributed by atoms with Crippen LogP contribution in [-0.4, -0.2) is 19.2 Å². The molecule has 22 heavy (non-hydrogen) atoms. The van der Waals surface area contributed by atoms with E-state index in [2.05, 4.69) is 0 Å². The van der Waals surface area contributed by atoms with Crippen molar-refractivity contribution in [2.45, 2.75) is 20.5 Å². The van der Waals surface area contributed by atoms with Gasteiger partial charge in [0.15, 0.2) is 0 Å². The Morgan fingerprint density at radius 2 is 1.95 bits per heavy atom. The van der Waals surface area contributed by atoms with Crippen LogP contribution in [0.1, 0.15) is 16.7 Å². The molecule has 0 aliphatic heterocycles. The number of rotatable bonds is 5. The summed E-state index contributed by atoms with van der Waals surface area (Å²) >= 11 is 0. The lowest BCUT2D eigenvalue weighted by Crippen LogP contribution is -2.27. The molecule has 2 aromatic rings. The number of benzene rings is 2. The van der Waals surface area contributed by atoms with E-state index in [9.17, 15) is 4.79 Å². The van der Waals surface area contributed by atoms with Crippen LogP contribution >= 0.6 is 0 Å². The monoisotopic (exact) mass is 296 g/mol. The Kier molecular flexibility index (Phi) is 4.94. The molecule has 0 aliphatic rings. The number of para-hydroxylation sites is 1. The van der Waals surface area contributed by atoms with E-state index >= 15 is 0 Å². The molecule has 0 aliphatic carbocycles. The van der Waals surface area contributed by atoms with Gasteiger partial charge in [0, 0.05) is 12.6 Å². The smallest absolute Gasteiger partial charge is 0.268 e. The first-order chi connectivity index (χ1) is 10.5. The van der Waals surface area contributed by atoms with Gasteiger partial charge in [0.05, 0.1) is 11.9 Å². The minimum atomic E-state index is -0.362. The van der Waals surface area contributed by atoms with Crippen molar-refractivity contribution in [3.63, 3.8) is 0 Å². The number of amides is 1. The molecule has 4 nitrogen and oxygen atoms in total. The van der Waals surface area contributed by atoms with E-state index in [4.69, 9.17) is 10.1 Å². The maximum absolute atomic E-state index is 11.7. The second kappa shape index (κ2) is 6.89. The van der Waals surface area contributed by atoms with Crippen LogP contribution in [0.2, 0.25) is 0 Å². The predicted molar refractivity (Wildman–Crippen MR) is 88.9 cm³/mol. The summed E-state index contributed by atoms with van der Waals surface area (Å²) in [5.74, 6) is 0.482. The van der Waals surface area contributed by atoms with Crippen LogP contribution in [0.15, 0.2) is 42.5 Å². The summed E-state index contributed by atoms with van der Waals surface area (Å²) in [6, 6.07) is 13.6. The topological polar surface area (TPSA) is 53.4 Å². The zero-order chi connectivity index (χ0) is 16.1. The molecule has 0 fully saturated rings. The summed E-state index contributed by atoms with van der Waals surface area (Å²) in [5, 5.41) is 7.10. The van der Waals surface area contributed by atoms with Crippen LogP contribution in [0.3, 0.4) is 0 Å². The van der Waals surface area contributed by atoms with Crippen LogP contribution in [0.4, 0.5) is 5.69 Å². The van der Waals surface area contributed by atoms with Crippen molar-refractivity contribution >= 4 is 17.8 Å². The van der Waals surface area contributed by atoms with E-state index in [-0.39, 0.29) is 5.91 Å². The fourth-order valence-electron chi connectivity index (χ4n) is 2.19. The SMILES string of the molecule is Cc1ccc(C)c(OCc2ccccc2N(C)C(=O)C=N)c1. The second-order valence-corrected chi connectivity index (χ2v) is 5.23. The molecule has 0 saturated carbocycles. The highest BCUT2D eigenvalue weighted by Crippen LogP contribution is 2.24. The normalized spacial score (nSPS) is 10.1. The van der Waals surface area contributed by atoms with Gasteiger partial charge in [-0.25, -0.2) is 0 Å². The number of aryl methyl sites for hydroxylation is 2. The molecule has 0 saturated heterocycles. The number of hydrogen-bond acceptors (Lipinski definition) is 3. The van der Waals surface area contributed by atoms with E-state index < -0.39 is 0 Å². The summed E-state index contributed by atoms with van der Waals surface area (Å²) in [7, 11) is 1.66. The highest BCUT2D eigenvalue weighted by molar-refractivity contribution is 6.31. The molecule has 2 rings (SSSR count). The molecule has 0 spiro atoms. The summed E-state index contributed by atoms with van der Waals surface area (Å²) in [6.07, 6.45) is 0.808. The third kappa shape index (κ3) is 3.52. The maximum atomic E-state index is 11.7. The van der Waals surface area contributed by atoms with Gasteiger partial charge in [0.1, 0.15) is 12.4 Å². The van der Waals surface area contributed by atoms with Gasteiger partial charge in [0.2, 0.25) is 0 Å². The molecule has 114 valence electrons. The predicted octanol–water partition coefficient (Wildman–Crippen LogP) is 3.49. The minimum absolute atomic E-state index is 0.362. The van der Waals surface area contributed by atoms with Crippen LogP contribution < -0.4 is 9.64 Å². The van der Waals surface area contributed by atoms with Crippen LogP contribution in [0, 0.1) is 19.3 Å². The Balaban J connectivity index is 2.21. The Hall–Kier alpha value is -2.62. The molecule has 0 radical (unpaired) electrons. The number of anilines is 1. The molecule has 2 aromatic carbocycles. The van der Waals surface area contributed by atoms with Gasteiger partial charge in [-0.05, 0) is 37.1 Å². The Bertz CT molecular complexity index is 695. The van der Waals surface area contributed by atoms with Gasteiger partial charge in [0.25, 0.3) is 5.91 Å². The van der Waals surface area contributed by atoms with E-state index in [1.807, 2.05) is 56.3 Å². The third-order valence-corrected chi connectivity index (χ3v) is 3.53. The number of hydrogen-bond donors (Lipinski definition) is 1. The van der Waals surface area contributed by atoms with Crippen molar-refractivity contribution in [1.82, 2.24) is 0 Å². The summed E-state index contributed by atoms with van der Waals surface area (Å²) in [4.78, 5) is 13.1. The molecule has 1 N–H and O–H groups in total. The number of ether oxygens (including phenoxy) is 1. The number of nitrogens with zero attached hydrogens (tertiary/aromatic N) is 1. The molecule has 0 atom stereocenters. The van der Waals surface area contributed by atoms with Crippen LogP contribution in [-0.2, 0) is 11.4 Å². The first-order valence-corrected chi connectivity index (χ1v) is 7.09. The molecule has 1 amide bonds. The summed E-state index contributed by atoms with van der Waals surface area (Å²) in [6.45, 7) is 4.40. The molecule has 0 unspecified atom stereocenters. The molecular formula is C18H20N2O2. The molecule has 4 heteroatoms. The first-order valence-electron chi connectivity index (χ1n) is 7.09. The largest absolute Gasteiger partial charge is 0.489 e. The zero-order valence-electron chi connectivity index (χ0n) is 13.1. The van der Waals surface area contributed by atoms with E-state index in [0.717, 1.165) is 34.3 Å². The van der Waals surface area contributed by atoms with Crippen molar-refractivity contribution < 1.29 is 9.53 Å². The van der Waals surface area contributed by atoms with Crippen molar-refractivity contribution in [3.05, 3.63) is 59.2 Å². The summed E-state index contributed by atoms with van der Waals surface area (Å²) in [5.41, 5.74) is 3.87. The zero-order valence-corrected chi connectivity index (χ0v) is 13.1. The average molecular weight is 296 g/mol. The first kappa shape index (κ1) is 15.8. The van der Waals surface area contributed by atoms with Gasteiger partial charge in [-0.3, -0.25) is 4.79 Å². The lowest BCUT2D eigenvalue weighted by atomic mass is 10.1. The van der Waals surface area contributed by atoms with Gasteiger partial charge in [-0.15, -0.1) is 0 Å². The van der Waals surface area contributed by atoms with E-state index in [1.54, 1.807) is 7.05 Å². The number of nitrogens with one attached hydrogen (secondary N) is 1. The third-order valence-electron chi connectivity index (χ3n) is 3.53. The fraction of sp³-hybridized carbons (Fsp3) is 0.222. The van der Waals surface area contributed by atoms with Gasteiger partial charge in [-0.2, -0.15) is 0 Å².